The van der Waals surface area contributed by atoms with Crippen LogP contribution in [-0.2, 0) is 6.54 Å². The number of aromatic hydroxyl groups is 1. The maximum absolute atomic E-state index is 12.5. The highest BCUT2D eigenvalue weighted by Gasteiger charge is 2.19. The minimum atomic E-state index is -0.654. The second kappa shape index (κ2) is 11.0. The van der Waals surface area contributed by atoms with Gasteiger partial charge in [-0.2, -0.15) is 4.57 Å². The van der Waals surface area contributed by atoms with Crippen molar-refractivity contribution in [2.24, 2.45) is 0 Å². The maximum Gasteiger partial charge on any atom is 0.345 e. The van der Waals surface area contributed by atoms with E-state index in [1.54, 1.807) is 35.2 Å². The van der Waals surface area contributed by atoms with Gasteiger partial charge in [-0.1, -0.05) is 24.3 Å². The van der Waals surface area contributed by atoms with Gasteiger partial charge in [-0.25, -0.2) is 9.78 Å². The van der Waals surface area contributed by atoms with Crippen LogP contribution in [0.2, 0.25) is 0 Å². The molecule has 0 amide bonds. The molecule has 0 spiro atoms. The Bertz CT molecular complexity index is 949. The Morgan fingerprint density at radius 1 is 1.14 bits per heavy atom. The van der Waals surface area contributed by atoms with Gasteiger partial charge in [-0.15, -0.1) is 0 Å². The average molecular weight is 426 g/mol. The predicted molar refractivity (Wildman–Crippen MR) is 98.7 cm³/mol. The van der Waals surface area contributed by atoms with Crippen LogP contribution in [0, 0.1) is 0 Å². The fraction of sp³-hybridized carbons (Fsp3) is 0.300. The Hall–Kier alpha value is -2.12. The summed E-state index contributed by atoms with van der Waals surface area (Å²) in [5, 5.41) is 22.7. The lowest BCUT2D eigenvalue weighted by atomic mass is 10.0. The van der Waals surface area contributed by atoms with Crippen molar-refractivity contribution < 1.29 is 45.3 Å². The van der Waals surface area contributed by atoms with Crippen molar-refractivity contribution in [2.45, 2.75) is 32.0 Å². The first-order valence-corrected chi connectivity index (χ1v) is 8.86. The number of hydrogen-bond donors (Lipinski definition) is 3. The van der Waals surface area contributed by atoms with Gasteiger partial charge in [0.15, 0.2) is 0 Å². The molecule has 0 bridgehead atoms. The Balaban J connectivity index is 0.00000196. The third-order valence-electron chi connectivity index (χ3n) is 4.65. The molecule has 0 radical (unpaired) electrons. The summed E-state index contributed by atoms with van der Waals surface area (Å²) < 4.78 is 1.69. The zero-order valence-corrected chi connectivity index (χ0v) is 17.1. The van der Waals surface area contributed by atoms with Gasteiger partial charge in [-0.3, -0.25) is 0 Å². The number of nitrogens with one attached hydrogen (secondary N) is 1. The molecule has 0 saturated heterocycles. The second-order valence-electron chi connectivity index (χ2n) is 6.59. The number of nitrogens with zero attached hydrogens (tertiary/aromatic N) is 1. The molecule has 0 aliphatic heterocycles. The van der Waals surface area contributed by atoms with Crippen LogP contribution in [0.25, 0.3) is 10.9 Å². The van der Waals surface area contributed by atoms with Gasteiger partial charge < -0.3 is 40.3 Å². The van der Waals surface area contributed by atoms with E-state index < -0.39 is 6.10 Å². The summed E-state index contributed by atoms with van der Waals surface area (Å²) in [5.74, 6) is 0.153. The Labute approximate surface area is 176 Å². The van der Waals surface area contributed by atoms with Gasteiger partial charge in [0, 0.05) is 6.42 Å². The summed E-state index contributed by atoms with van der Waals surface area (Å²) in [7, 11) is 0. The summed E-state index contributed by atoms with van der Waals surface area (Å²) >= 11 is 0. The van der Waals surface area contributed by atoms with Crippen molar-refractivity contribution in [1.82, 2.24) is 4.57 Å². The van der Waals surface area contributed by atoms with E-state index in [1.807, 2.05) is 31.2 Å². The predicted octanol–water partition coefficient (Wildman–Crippen LogP) is -5.40. The van der Waals surface area contributed by atoms with Crippen molar-refractivity contribution in [2.75, 3.05) is 6.54 Å². The lowest BCUT2D eigenvalue weighted by molar-refractivity contribution is -0.694. The summed E-state index contributed by atoms with van der Waals surface area (Å²) in [5.41, 5.74) is 1.55. The highest BCUT2D eigenvalue weighted by atomic mass is 35.5. The fourth-order valence-electron chi connectivity index (χ4n) is 3.11. The Morgan fingerprint density at radius 2 is 1.89 bits per heavy atom. The van der Waals surface area contributed by atoms with Gasteiger partial charge in [0.25, 0.3) is 0 Å². The number of aromatic amines is 1. The van der Waals surface area contributed by atoms with E-state index in [2.05, 4.69) is 10.3 Å². The third-order valence-corrected chi connectivity index (χ3v) is 4.65. The summed E-state index contributed by atoms with van der Waals surface area (Å²) in [6.07, 6.45) is 1.87. The first-order chi connectivity index (χ1) is 12.6. The van der Waals surface area contributed by atoms with Gasteiger partial charge in [-0.05, 0) is 36.8 Å². The van der Waals surface area contributed by atoms with Crippen molar-refractivity contribution in [3.05, 3.63) is 70.8 Å². The van der Waals surface area contributed by atoms with Crippen LogP contribution in [0.15, 0.2) is 59.7 Å². The minimum Gasteiger partial charge on any atom is -1.00 e. The number of phenolic OH excluding ortho intramolecular Hbond substituents is 1. The van der Waals surface area contributed by atoms with Crippen LogP contribution in [0.3, 0.4) is 0 Å². The molecule has 3 rings (SSSR count). The normalized spacial score (nSPS) is 12.6. The number of hydrogen-bond acceptors (Lipinski definition) is 3. The van der Waals surface area contributed by atoms with Crippen molar-refractivity contribution in [3.63, 3.8) is 0 Å². The topological polar surface area (TPSA) is 93.2 Å². The average Bonchev–Trinajstić information content (AvgIpc) is 2.66. The molecule has 1 heterocycles. The van der Waals surface area contributed by atoms with Gasteiger partial charge in [0.1, 0.15) is 28.8 Å². The largest absolute Gasteiger partial charge is 1.00 e. The zero-order valence-electron chi connectivity index (χ0n) is 15.6. The lowest BCUT2D eigenvalue weighted by Crippen LogP contribution is -3.00. The number of quaternary nitrogens is 1. The van der Waals surface area contributed by atoms with E-state index in [0.29, 0.717) is 17.5 Å². The third kappa shape index (κ3) is 5.69. The molecule has 3 aromatic rings. The number of phenols is 1. The number of aromatic nitrogens is 2. The van der Waals surface area contributed by atoms with E-state index in [-0.39, 0.29) is 42.2 Å². The van der Waals surface area contributed by atoms with E-state index in [9.17, 15) is 15.0 Å². The molecule has 2 unspecified atom stereocenters. The number of para-hydroxylation sites is 1. The molecule has 6 nitrogen and oxygen atoms in total. The molecular formula is C20H25Cl2N3O3. The molecule has 8 heteroatoms. The molecule has 0 aliphatic rings. The minimum absolute atomic E-state index is 0. The molecule has 0 fully saturated rings. The Kier molecular flexibility index (Phi) is 9.41. The number of rotatable bonds is 7. The second-order valence-corrected chi connectivity index (χ2v) is 6.59. The molecular weight excluding hydrogens is 401 g/mol. The van der Waals surface area contributed by atoms with Crippen molar-refractivity contribution in [1.29, 1.82) is 0 Å². The number of benzene rings is 2. The molecule has 5 N–H and O–H groups in total. The Morgan fingerprint density at radius 3 is 2.64 bits per heavy atom. The number of aliphatic hydroxyl groups excluding tert-OH is 1. The van der Waals surface area contributed by atoms with Crippen LogP contribution >= 0.6 is 0 Å². The molecule has 28 heavy (non-hydrogen) atoms. The van der Waals surface area contributed by atoms with Crippen LogP contribution in [0.5, 0.6) is 5.75 Å². The fourth-order valence-corrected chi connectivity index (χ4v) is 3.11. The molecule has 2 atom stereocenters. The van der Waals surface area contributed by atoms with E-state index >= 15 is 0 Å². The van der Waals surface area contributed by atoms with Crippen molar-refractivity contribution >= 4 is 10.9 Å². The van der Waals surface area contributed by atoms with Crippen LogP contribution < -0.4 is 40.7 Å². The number of aryl methyl sites for hydroxylation is 1. The van der Waals surface area contributed by atoms with Crippen LogP contribution in [-0.4, -0.2) is 27.4 Å². The zero-order chi connectivity index (χ0) is 18.5. The molecule has 2 aromatic carbocycles. The first kappa shape index (κ1) is 23.9. The SMILES string of the molecule is CC([NH2+]CCCn1c[nH+]c2ccccc2c1=O)C(O)c1cccc(O)c1.[Cl-].[Cl-]. The van der Waals surface area contributed by atoms with Gasteiger partial charge in [0.2, 0.25) is 6.33 Å². The smallest absolute Gasteiger partial charge is 0.345 e. The number of aliphatic hydroxyl groups is 1. The van der Waals surface area contributed by atoms with Crippen molar-refractivity contribution in [3.8, 4) is 5.75 Å². The van der Waals surface area contributed by atoms with E-state index in [1.165, 1.54) is 0 Å². The summed E-state index contributed by atoms with van der Waals surface area (Å²) in [6, 6.07) is 14.1. The molecule has 152 valence electrons. The highest BCUT2D eigenvalue weighted by Crippen LogP contribution is 2.19. The number of fused-ring (bicyclic) bond motifs is 1. The molecule has 1 aromatic heterocycles. The molecule has 0 saturated carbocycles. The quantitative estimate of drug-likeness (QED) is 0.330. The summed E-state index contributed by atoms with van der Waals surface area (Å²) in [4.78, 5) is 15.6. The lowest BCUT2D eigenvalue weighted by Gasteiger charge is -2.17. The van der Waals surface area contributed by atoms with Crippen LogP contribution in [0.1, 0.15) is 25.0 Å². The molecule has 0 aliphatic carbocycles. The van der Waals surface area contributed by atoms with E-state index in [0.717, 1.165) is 18.5 Å². The number of nitrogens with two attached hydrogens (primary N) is 1. The first-order valence-electron chi connectivity index (χ1n) is 8.86. The van der Waals surface area contributed by atoms with Crippen LogP contribution in [0.4, 0.5) is 0 Å². The maximum atomic E-state index is 12.5. The number of halogens is 2. The van der Waals surface area contributed by atoms with Gasteiger partial charge in [0.05, 0.1) is 13.1 Å². The van der Waals surface area contributed by atoms with E-state index in [4.69, 9.17) is 0 Å². The standard InChI is InChI=1S/C20H23N3O3.2ClH/c1-14(19(25)15-6-4-7-16(24)12-15)21-10-5-11-23-13-22-18-9-3-2-8-17(18)20(23)26;;/h2-4,6-9,12-14,19,21,24-25H,5,10-11H2,1H3;2*1H. The van der Waals surface area contributed by atoms with Gasteiger partial charge >= 0.3 is 5.56 Å². The number of H-pyrrole nitrogens is 1. The monoisotopic (exact) mass is 425 g/mol. The summed E-state index contributed by atoms with van der Waals surface area (Å²) in [6.45, 7) is 3.35. The highest BCUT2D eigenvalue weighted by molar-refractivity contribution is 5.73.